The molecule has 1 amide bonds. The van der Waals surface area contributed by atoms with Crippen molar-refractivity contribution in [3.63, 3.8) is 0 Å². The van der Waals surface area contributed by atoms with Crippen molar-refractivity contribution in [2.75, 3.05) is 30.7 Å². The van der Waals surface area contributed by atoms with Crippen molar-refractivity contribution in [2.24, 2.45) is 0 Å². The first-order chi connectivity index (χ1) is 15.1. The minimum atomic E-state index is -0.398. The second-order valence-corrected chi connectivity index (χ2v) is 7.27. The van der Waals surface area contributed by atoms with Crippen LogP contribution in [-0.2, 0) is 0 Å². The van der Waals surface area contributed by atoms with Gasteiger partial charge < -0.3 is 20.5 Å². The Morgan fingerprint density at radius 3 is 2.68 bits per heavy atom. The van der Waals surface area contributed by atoms with Crippen LogP contribution in [-0.4, -0.2) is 35.1 Å². The molecular formula is C20H19N7O3S. The molecule has 158 valence electrons. The zero-order valence-corrected chi connectivity index (χ0v) is 17.5. The predicted octanol–water partition coefficient (Wildman–Crippen LogP) is 3.19. The molecule has 0 bridgehead atoms. The summed E-state index contributed by atoms with van der Waals surface area (Å²) in [4.78, 5) is 25.2. The van der Waals surface area contributed by atoms with Gasteiger partial charge in [0.1, 0.15) is 23.5 Å². The van der Waals surface area contributed by atoms with Gasteiger partial charge in [0.15, 0.2) is 16.8 Å². The van der Waals surface area contributed by atoms with Crippen molar-refractivity contribution in [2.45, 2.75) is 0 Å². The van der Waals surface area contributed by atoms with Crippen LogP contribution in [0.2, 0.25) is 0 Å². The third kappa shape index (κ3) is 4.26. The predicted molar refractivity (Wildman–Crippen MR) is 120 cm³/mol. The topological polar surface area (TPSA) is 136 Å². The number of benzene rings is 2. The summed E-state index contributed by atoms with van der Waals surface area (Å²) in [6.45, 7) is 0. The quantitative estimate of drug-likeness (QED) is 0.321. The van der Waals surface area contributed by atoms with Gasteiger partial charge in [-0.05, 0) is 30.3 Å². The molecule has 2 aromatic heterocycles. The number of carbonyl (C=O) groups excluding carboxylic acids is 1. The molecule has 31 heavy (non-hydrogen) atoms. The summed E-state index contributed by atoms with van der Waals surface area (Å²) >= 11 is 1.43. The third-order valence-electron chi connectivity index (χ3n) is 4.35. The standard InChI is InChI=1S/C20H19N7O3S/c1-29-11-7-8-13-15(9-11)31-20(24-13)25-17-16(21)18(23-10-22-17)26-27-19(28)12-5-3-4-6-14(12)30-2/h3-10H,21H2,1-2H3,(H,27,28)(H2,22,23,24,25,26). The van der Waals surface area contributed by atoms with Crippen LogP contribution in [0.4, 0.5) is 22.5 Å². The lowest BCUT2D eigenvalue weighted by Crippen LogP contribution is -2.30. The highest BCUT2D eigenvalue weighted by Gasteiger charge is 2.14. The summed E-state index contributed by atoms with van der Waals surface area (Å²) in [6, 6.07) is 12.5. The minimum absolute atomic E-state index is 0.222. The molecule has 2 aromatic carbocycles. The minimum Gasteiger partial charge on any atom is -0.497 e. The zero-order chi connectivity index (χ0) is 21.8. The summed E-state index contributed by atoms with van der Waals surface area (Å²) in [5, 5.41) is 3.70. The van der Waals surface area contributed by atoms with Crippen LogP contribution in [0.1, 0.15) is 10.4 Å². The van der Waals surface area contributed by atoms with E-state index < -0.39 is 5.91 Å². The SMILES string of the molecule is COc1ccc2nc(Nc3ncnc(NNC(=O)c4ccccc4OC)c3N)sc2c1. The van der Waals surface area contributed by atoms with Gasteiger partial charge in [0.2, 0.25) is 0 Å². The normalized spacial score (nSPS) is 10.5. The summed E-state index contributed by atoms with van der Waals surface area (Å²) in [6.07, 6.45) is 1.33. The van der Waals surface area contributed by atoms with E-state index in [1.807, 2.05) is 18.2 Å². The lowest BCUT2D eigenvalue weighted by molar-refractivity contribution is 0.0959. The highest BCUT2D eigenvalue weighted by atomic mass is 32.1. The number of para-hydroxylation sites is 1. The van der Waals surface area contributed by atoms with Gasteiger partial charge in [0.25, 0.3) is 5.91 Å². The van der Waals surface area contributed by atoms with Gasteiger partial charge in [-0.1, -0.05) is 23.5 Å². The van der Waals surface area contributed by atoms with Crippen LogP contribution in [0, 0.1) is 0 Å². The van der Waals surface area contributed by atoms with Crippen LogP contribution in [0.25, 0.3) is 10.2 Å². The molecular weight excluding hydrogens is 418 g/mol. The van der Waals surface area contributed by atoms with E-state index in [0.717, 1.165) is 16.0 Å². The Kier molecular flexibility index (Phi) is 5.67. The number of aromatic nitrogens is 3. The van der Waals surface area contributed by atoms with Gasteiger partial charge in [0, 0.05) is 0 Å². The summed E-state index contributed by atoms with van der Waals surface area (Å²) in [5.74, 6) is 1.40. The number of methoxy groups -OCH3 is 2. The van der Waals surface area contributed by atoms with Gasteiger partial charge in [-0.25, -0.2) is 15.0 Å². The fourth-order valence-electron chi connectivity index (χ4n) is 2.80. The molecule has 4 rings (SSSR count). The van der Waals surface area contributed by atoms with Crippen molar-refractivity contribution in [3.05, 3.63) is 54.4 Å². The highest BCUT2D eigenvalue weighted by Crippen LogP contribution is 2.32. The maximum Gasteiger partial charge on any atom is 0.273 e. The molecule has 0 aliphatic rings. The highest BCUT2D eigenvalue weighted by molar-refractivity contribution is 7.22. The van der Waals surface area contributed by atoms with Crippen LogP contribution in [0.15, 0.2) is 48.8 Å². The maximum absolute atomic E-state index is 12.5. The van der Waals surface area contributed by atoms with E-state index in [-0.39, 0.29) is 11.5 Å². The van der Waals surface area contributed by atoms with E-state index in [1.165, 1.54) is 24.8 Å². The third-order valence-corrected chi connectivity index (χ3v) is 5.28. The molecule has 2 heterocycles. The largest absolute Gasteiger partial charge is 0.497 e. The molecule has 4 aromatic rings. The smallest absolute Gasteiger partial charge is 0.273 e. The Hall–Kier alpha value is -4.12. The Labute approximate surface area is 181 Å². The van der Waals surface area contributed by atoms with Crippen molar-refractivity contribution in [3.8, 4) is 11.5 Å². The van der Waals surface area contributed by atoms with E-state index in [9.17, 15) is 4.79 Å². The number of anilines is 4. The van der Waals surface area contributed by atoms with E-state index in [4.69, 9.17) is 15.2 Å². The Bertz CT molecular complexity index is 1240. The lowest BCUT2D eigenvalue weighted by atomic mass is 10.2. The first-order valence-corrected chi connectivity index (χ1v) is 9.92. The van der Waals surface area contributed by atoms with Crippen molar-refractivity contribution < 1.29 is 14.3 Å². The van der Waals surface area contributed by atoms with E-state index in [2.05, 4.69) is 31.1 Å². The lowest BCUT2D eigenvalue weighted by Gasteiger charge is -2.13. The molecule has 0 spiro atoms. The first-order valence-electron chi connectivity index (χ1n) is 9.10. The Morgan fingerprint density at radius 2 is 1.87 bits per heavy atom. The molecule has 11 heteroatoms. The number of nitrogens with one attached hydrogen (secondary N) is 3. The zero-order valence-electron chi connectivity index (χ0n) is 16.7. The molecule has 0 fully saturated rings. The second-order valence-electron chi connectivity index (χ2n) is 6.24. The molecule has 0 saturated heterocycles. The number of carbonyl (C=O) groups is 1. The average Bonchev–Trinajstić information content (AvgIpc) is 3.20. The number of thiazole rings is 1. The first kappa shape index (κ1) is 20.2. The molecule has 0 aliphatic heterocycles. The van der Waals surface area contributed by atoms with Crippen LogP contribution >= 0.6 is 11.3 Å². The number of hydrogen-bond acceptors (Lipinski definition) is 10. The maximum atomic E-state index is 12.5. The average molecular weight is 437 g/mol. The van der Waals surface area contributed by atoms with Crippen LogP contribution in [0.5, 0.6) is 11.5 Å². The van der Waals surface area contributed by atoms with E-state index in [1.54, 1.807) is 31.4 Å². The van der Waals surface area contributed by atoms with Gasteiger partial charge in [-0.3, -0.25) is 15.6 Å². The number of hydrazine groups is 1. The van der Waals surface area contributed by atoms with Crippen molar-refractivity contribution in [1.82, 2.24) is 20.4 Å². The van der Waals surface area contributed by atoms with Crippen molar-refractivity contribution in [1.29, 1.82) is 0 Å². The number of nitrogens with zero attached hydrogens (tertiary/aromatic N) is 3. The van der Waals surface area contributed by atoms with E-state index in [0.29, 0.717) is 22.3 Å². The van der Waals surface area contributed by atoms with Gasteiger partial charge in [0.05, 0.1) is 30.0 Å². The van der Waals surface area contributed by atoms with Gasteiger partial charge >= 0.3 is 0 Å². The number of nitrogen functional groups attached to an aromatic ring is 1. The molecule has 0 aliphatic carbocycles. The molecule has 0 atom stereocenters. The number of ether oxygens (including phenoxy) is 2. The molecule has 0 unspecified atom stereocenters. The number of amides is 1. The summed E-state index contributed by atoms with van der Waals surface area (Å²) in [7, 11) is 3.11. The van der Waals surface area contributed by atoms with E-state index >= 15 is 0 Å². The number of rotatable bonds is 7. The van der Waals surface area contributed by atoms with Crippen molar-refractivity contribution >= 4 is 49.9 Å². The summed E-state index contributed by atoms with van der Waals surface area (Å²) in [5.41, 5.74) is 12.9. The molecule has 0 radical (unpaired) electrons. The monoisotopic (exact) mass is 437 g/mol. The van der Waals surface area contributed by atoms with Gasteiger partial charge in [-0.15, -0.1) is 0 Å². The molecule has 5 N–H and O–H groups in total. The molecule has 0 saturated carbocycles. The number of fused-ring (bicyclic) bond motifs is 1. The Balaban J connectivity index is 1.50. The fraction of sp³-hybridized carbons (Fsp3) is 0.100. The summed E-state index contributed by atoms with van der Waals surface area (Å²) < 4.78 is 11.4. The second kappa shape index (κ2) is 8.71. The van der Waals surface area contributed by atoms with Crippen LogP contribution in [0.3, 0.4) is 0 Å². The fourth-order valence-corrected chi connectivity index (χ4v) is 3.69. The Morgan fingerprint density at radius 1 is 1.06 bits per heavy atom. The molecule has 10 nitrogen and oxygen atoms in total. The number of nitrogens with two attached hydrogens (primary N) is 1. The number of hydrogen-bond donors (Lipinski definition) is 4. The van der Waals surface area contributed by atoms with Gasteiger partial charge in [-0.2, -0.15) is 0 Å². The van der Waals surface area contributed by atoms with Crippen LogP contribution < -0.4 is 31.4 Å².